The second-order valence-corrected chi connectivity index (χ2v) is 5.05. The molecule has 1 aliphatic rings. The number of rotatable bonds is 3. The van der Waals surface area contributed by atoms with Crippen molar-refractivity contribution in [2.24, 2.45) is 0 Å². The molecular weight excluding hydrogens is 259 g/mol. The fraction of sp³-hybridized carbons (Fsp3) is 0.429. The third-order valence-electron chi connectivity index (χ3n) is 3.54. The fourth-order valence-electron chi connectivity index (χ4n) is 2.33. The minimum Gasteiger partial charge on any atom is -0.334 e. The highest BCUT2D eigenvalue weighted by Crippen LogP contribution is 2.18. The maximum Gasteiger partial charge on any atom is 0.257 e. The lowest BCUT2D eigenvalue weighted by Gasteiger charge is -2.32. The van der Waals surface area contributed by atoms with Crippen molar-refractivity contribution in [3.05, 3.63) is 35.9 Å². The van der Waals surface area contributed by atoms with E-state index in [9.17, 15) is 4.39 Å². The van der Waals surface area contributed by atoms with Crippen molar-refractivity contribution < 1.29 is 8.91 Å². The van der Waals surface area contributed by atoms with Crippen LogP contribution in [-0.2, 0) is 6.54 Å². The Balaban J connectivity index is 1.71. The van der Waals surface area contributed by atoms with E-state index in [1.54, 1.807) is 12.1 Å². The molecule has 106 valence electrons. The maximum absolute atomic E-state index is 12.9. The Morgan fingerprint density at radius 1 is 1.40 bits per heavy atom. The molecule has 1 saturated heterocycles. The first kappa shape index (κ1) is 13.2. The molecule has 0 bridgehead atoms. The number of benzene rings is 1. The van der Waals surface area contributed by atoms with Crippen LogP contribution in [0.3, 0.4) is 0 Å². The van der Waals surface area contributed by atoms with Gasteiger partial charge in [-0.25, -0.2) is 4.39 Å². The zero-order valence-electron chi connectivity index (χ0n) is 11.3. The Kier molecular flexibility index (Phi) is 3.75. The molecule has 0 saturated carbocycles. The first-order valence-corrected chi connectivity index (χ1v) is 6.75. The molecule has 0 spiro atoms. The second-order valence-electron chi connectivity index (χ2n) is 5.05. The number of aromatic nitrogens is 2. The average Bonchev–Trinajstić information content (AvgIpc) is 2.91. The van der Waals surface area contributed by atoms with Gasteiger partial charge in [0.1, 0.15) is 5.82 Å². The van der Waals surface area contributed by atoms with E-state index in [1.807, 2.05) is 0 Å². The molecule has 0 aliphatic carbocycles. The standard InChI is InChI=1S/C14H17FN4O/c1-10-8-16-6-7-19(10)9-13-17-14(20-18-13)11-2-4-12(15)5-3-11/h2-5,10,16H,6-9H2,1H3. The molecule has 0 amide bonds. The van der Waals surface area contributed by atoms with Gasteiger partial charge in [0.25, 0.3) is 5.89 Å². The van der Waals surface area contributed by atoms with Gasteiger partial charge in [-0.05, 0) is 31.2 Å². The fourth-order valence-corrected chi connectivity index (χ4v) is 2.33. The van der Waals surface area contributed by atoms with Crippen LogP contribution in [-0.4, -0.2) is 40.7 Å². The summed E-state index contributed by atoms with van der Waals surface area (Å²) in [6, 6.07) is 6.51. The summed E-state index contributed by atoms with van der Waals surface area (Å²) >= 11 is 0. The third-order valence-corrected chi connectivity index (χ3v) is 3.54. The average molecular weight is 276 g/mol. The van der Waals surface area contributed by atoms with Gasteiger partial charge in [0.15, 0.2) is 5.82 Å². The molecule has 1 fully saturated rings. The van der Waals surface area contributed by atoms with Crippen LogP contribution in [0.1, 0.15) is 12.7 Å². The Morgan fingerprint density at radius 3 is 2.95 bits per heavy atom. The van der Waals surface area contributed by atoms with Crippen LogP contribution >= 0.6 is 0 Å². The summed E-state index contributed by atoms with van der Waals surface area (Å²) in [5.41, 5.74) is 0.735. The minimum absolute atomic E-state index is 0.275. The van der Waals surface area contributed by atoms with Crippen LogP contribution in [0.4, 0.5) is 4.39 Å². The first-order valence-electron chi connectivity index (χ1n) is 6.75. The van der Waals surface area contributed by atoms with E-state index < -0.39 is 0 Å². The highest BCUT2D eigenvalue weighted by Gasteiger charge is 2.20. The Morgan fingerprint density at radius 2 is 2.20 bits per heavy atom. The summed E-state index contributed by atoms with van der Waals surface area (Å²) in [5.74, 6) is 0.823. The van der Waals surface area contributed by atoms with Crippen LogP contribution in [0, 0.1) is 5.82 Å². The Hall–Kier alpha value is -1.79. The largest absolute Gasteiger partial charge is 0.334 e. The van der Waals surface area contributed by atoms with E-state index >= 15 is 0 Å². The molecule has 3 rings (SSSR count). The molecule has 0 radical (unpaired) electrons. The summed E-state index contributed by atoms with van der Waals surface area (Å²) < 4.78 is 18.1. The van der Waals surface area contributed by atoms with Crippen molar-refractivity contribution in [1.82, 2.24) is 20.4 Å². The quantitative estimate of drug-likeness (QED) is 0.924. The minimum atomic E-state index is -0.275. The van der Waals surface area contributed by atoms with Gasteiger partial charge in [-0.15, -0.1) is 0 Å². The van der Waals surface area contributed by atoms with Crippen molar-refractivity contribution in [2.45, 2.75) is 19.5 Å². The molecule has 6 heteroatoms. The van der Waals surface area contributed by atoms with Gasteiger partial charge in [0, 0.05) is 31.2 Å². The van der Waals surface area contributed by atoms with Crippen molar-refractivity contribution >= 4 is 0 Å². The summed E-state index contributed by atoms with van der Waals surface area (Å²) in [5, 5.41) is 7.35. The molecule has 2 aromatic rings. The molecule has 1 N–H and O–H groups in total. The van der Waals surface area contributed by atoms with Crippen LogP contribution in [0.25, 0.3) is 11.5 Å². The van der Waals surface area contributed by atoms with Gasteiger partial charge in [-0.1, -0.05) is 5.16 Å². The predicted octanol–water partition coefficient (Wildman–Crippen LogP) is 1.67. The maximum atomic E-state index is 12.9. The lowest BCUT2D eigenvalue weighted by Crippen LogP contribution is -2.49. The van der Waals surface area contributed by atoms with E-state index in [-0.39, 0.29) is 5.82 Å². The van der Waals surface area contributed by atoms with Crippen molar-refractivity contribution in [2.75, 3.05) is 19.6 Å². The molecule has 1 aliphatic heterocycles. The van der Waals surface area contributed by atoms with Crippen LogP contribution in [0.15, 0.2) is 28.8 Å². The van der Waals surface area contributed by atoms with Crippen LogP contribution in [0.2, 0.25) is 0 Å². The molecule has 1 aromatic carbocycles. The van der Waals surface area contributed by atoms with E-state index in [0.717, 1.165) is 25.2 Å². The summed E-state index contributed by atoms with van der Waals surface area (Å²) in [6.45, 7) is 5.78. The highest BCUT2D eigenvalue weighted by atomic mass is 19.1. The van der Waals surface area contributed by atoms with Gasteiger partial charge >= 0.3 is 0 Å². The van der Waals surface area contributed by atoms with Crippen molar-refractivity contribution in [1.29, 1.82) is 0 Å². The summed E-state index contributed by atoms with van der Waals surface area (Å²) in [6.07, 6.45) is 0. The number of hydrogen-bond donors (Lipinski definition) is 1. The molecule has 1 atom stereocenters. The lowest BCUT2D eigenvalue weighted by atomic mass is 10.2. The second kappa shape index (κ2) is 5.68. The van der Waals surface area contributed by atoms with Gasteiger partial charge in [-0.2, -0.15) is 4.98 Å². The third kappa shape index (κ3) is 2.86. The molecular formula is C14H17FN4O. The molecule has 5 nitrogen and oxygen atoms in total. The molecule has 1 unspecified atom stereocenters. The SMILES string of the molecule is CC1CNCCN1Cc1noc(-c2ccc(F)cc2)n1. The lowest BCUT2D eigenvalue weighted by molar-refractivity contribution is 0.160. The van der Waals surface area contributed by atoms with Crippen LogP contribution in [0.5, 0.6) is 0 Å². The van der Waals surface area contributed by atoms with Gasteiger partial charge in [0.05, 0.1) is 6.54 Å². The predicted molar refractivity (Wildman–Crippen MR) is 72.4 cm³/mol. The van der Waals surface area contributed by atoms with Gasteiger partial charge < -0.3 is 9.84 Å². The van der Waals surface area contributed by atoms with Gasteiger partial charge in [0.2, 0.25) is 0 Å². The summed E-state index contributed by atoms with van der Waals surface area (Å²) in [7, 11) is 0. The zero-order valence-corrected chi connectivity index (χ0v) is 11.3. The zero-order chi connectivity index (χ0) is 13.9. The van der Waals surface area contributed by atoms with E-state index in [0.29, 0.717) is 24.3 Å². The van der Waals surface area contributed by atoms with E-state index in [1.165, 1.54) is 12.1 Å². The Labute approximate surface area is 116 Å². The van der Waals surface area contributed by atoms with Gasteiger partial charge in [-0.3, -0.25) is 4.90 Å². The number of piperazine rings is 1. The monoisotopic (exact) mass is 276 g/mol. The number of halogens is 1. The smallest absolute Gasteiger partial charge is 0.257 e. The number of nitrogens with one attached hydrogen (secondary N) is 1. The van der Waals surface area contributed by atoms with E-state index in [2.05, 4.69) is 27.3 Å². The van der Waals surface area contributed by atoms with Crippen molar-refractivity contribution in [3.8, 4) is 11.5 Å². The summed E-state index contributed by atoms with van der Waals surface area (Å²) in [4.78, 5) is 6.69. The highest BCUT2D eigenvalue weighted by molar-refractivity contribution is 5.52. The molecule has 2 heterocycles. The normalized spacial score (nSPS) is 20.2. The first-order chi connectivity index (χ1) is 9.72. The number of nitrogens with zero attached hydrogens (tertiary/aromatic N) is 3. The van der Waals surface area contributed by atoms with Crippen LogP contribution < -0.4 is 5.32 Å². The van der Waals surface area contributed by atoms with E-state index in [4.69, 9.17) is 4.52 Å². The molecule has 20 heavy (non-hydrogen) atoms. The number of hydrogen-bond acceptors (Lipinski definition) is 5. The topological polar surface area (TPSA) is 54.2 Å². The molecule has 1 aromatic heterocycles. The Bertz CT molecular complexity index is 569. The van der Waals surface area contributed by atoms with Crippen molar-refractivity contribution in [3.63, 3.8) is 0 Å².